The summed E-state index contributed by atoms with van der Waals surface area (Å²) in [7, 11) is -0.953. The number of carbonyl (C=O) groups is 1. The smallest absolute Gasteiger partial charge is 0.302 e. The summed E-state index contributed by atoms with van der Waals surface area (Å²) >= 11 is 0. The summed E-state index contributed by atoms with van der Waals surface area (Å²) in [4.78, 5) is 11.5. The fourth-order valence-corrected chi connectivity index (χ4v) is 9.28. The molecule has 0 N–H and O–H groups in total. The Labute approximate surface area is 193 Å². The minimum atomic E-state index is -2.57. The fourth-order valence-electron chi connectivity index (χ4n) is 4.70. The molecule has 1 fully saturated rings. The molecule has 32 heavy (non-hydrogen) atoms. The van der Waals surface area contributed by atoms with Gasteiger partial charge in [0.05, 0.1) is 6.10 Å². The number of rotatable bonds is 8. The van der Waals surface area contributed by atoms with Gasteiger partial charge in [0.1, 0.15) is 6.10 Å². The van der Waals surface area contributed by atoms with Crippen molar-refractivity contribution in [2.45, 2.75) is 70.5 Å². The van der Waals surface area contributed by atoms with Gasteiger partial charge in [-0.25, -0.2) is 0 Å². The van der Waals surface area contributed by atoms with E-state index in [1.54, 1.807) is 7.11 Å². The number of hydrogen-bond acceptors (Lipinski definition) is 5. The van der Waals surface area contributed by atoms with Crippen LogP contribution in [0.1, 0.15) is 47.0 Å². The number of ether oxygens (including phenoxy) is 3. The van der Waals surface area contributed by atoms with Gasteiger partial charge in [-0.2, -0.15) is 0 Å². The van der Waals surface area contributed by atoms with Crippen LogP contribution in [0.2, 0.25) is 5.04 Å². The third kappa shape index (κ3) is 5.67. The Morgan fingerprint density at radius 1 is 1.00 bits per heavy atom. The highest BCUT2D eigenvalue weighted by Crippen LogP contribution is 2.37. The second-order valence-corrected chi connectivity index (χ2v) is 13.7. The topological polar surface area (TPSA) is 54.0 Å². The van der Waals surface area contributed by atoms with Crippen LogP contribution in [-0.2, 0) is 23.4 Å². The molecule has 0 unspecified atom stereocenters. The largest absolute Gasteiger partial charge is 0.462 e. The highest BCUT2D eigenvalue weighted by molar-refractivity contribution is 6.99. The van der Waals surface area contributed by atoms with Crippen molar-refractivity contribution in [1.29, 1.82) is 0 Å². The molecular formula is C26H36O5Si. The maximum atomic E-state index is 11.5. The lowest BCUT2D eigenvalue weighted by molar-refractivity contribution is -0.212. The summed E-state index contributed by atoms with van der Waals surface area (Å²) in [5.41, 5.74) is 0. The van der Waals surface area contributed by atoms with Crippen LogP contribution in [0, 0.1) is 0 Å². The van der Waals surface area contributed by atoms with Gasteiger partial charge >= 0.3 is 5.97 Å². The third-order valence-corrected chi connectivity index (χ3v) is 11.1. The van der Waals surface area contributed by atoms with E-state index in [1.807, 2.05) is 12.1 Å². The third-order valence-electron chi connectivity index (χ3n) is 6.10. The van der Waals surface area contributed by atoms with E-state index in [4.69, 9.17) is 18.6 Å². The van der Waals surface area contributed by atoms with Crippen LogP contribution in [0.15, 0.2) is 60.7 Å². The summed E-state index contributed by atoms with van der Waals surface area (Å²) in [6.45, 7) is 8.82. The van der Waals surface area contributed by atoms with Crippen molar-refractivity contribution in [1.82, 2.24) is 0 Å². The van der Waals surface area contributed by atoms with Gasteiger partial charge in [0.25, 0.3) is 8.32 Å². The normalized spacial score (nSPS) is 21.8. The van der Waals surface area contributed by atoms with Crippen LogP contribution >= 0.6 is 0 Å². The first-order chi connectivity index (χ1) is 15.3. The Morgan fingerprint density at radius 3 is 2.03 bits per heavy atom. The maximum absolute atomic E-state index is 11.5. The van der Waals surface area contributed by atoms with Gasteiger partial charge in [0.2, 0.25) is 0 Å². The molecule has 0 aliphatic carbocycles. The van der Waals surface area contributed by atoms with Crippen molar-refractivity contribution in [2.75, 3.05) is 13.7 Å². The van der Waals surface area contributed by atoms with E-state index in [0.29, 0.717) is 25.9 Å². The second kappa shape index (κ2) is 10.7. The van der Waals surface area contributed by atoms with Crippen LogP contribution in [0.3, 0.4) is 0 Å². The molecule has 0 radical (unpaired) electrons. The standard InChI is InChI=1S/C26H36O5Si/c1-20(27)30-22-18-21(31-25(19-22)28-5)16-17-29-32(26(2,3)4,23-12-8-6-9-13-23)24-14-10-7-11-15-24/h6-15,21-22,25H,16-19H2,1-5H3/t21-,22+,25-/m1/s1. The van der Waals surface area contributed by atoms with E-state index >= 15 is 0 Å². The van der Waals surface area contributed by atoms with Crippen molar-refractivity contribution in [3.8, 4) is 0 Å². The molecule has 0 aromatic heterocycles. The Morgan fingerprint density at radius 2 is 1.56 bits per heavy atom. The molecule has 1 aliphatic heterocycles. The summed E-state index contributed by atoms with van der Waals surface area (Å²) < 4.78 is 23.9. The van der Waals surface area contributed by atoms with Gasteiger partial charge in [-0.15, -0.1) is 0 Å². The Balaban J connectivity index is 1.83. The van der Waals surface area contributed by atoms with Gasteiger partial charge in [-0.05, 0) is 21.8 Å². The number of carbonyl (C=O) groups excluding carboxylic acids is 1. The highest BCUT2D eigenvalue weighted by atomic mass is 28.4. The van der Waals surface area contributed by atoms with Crippen molar-refractivity contribution in [3.05, 3.63) is 60.7 Å². The molecule has 1 heterocycles. The zero-order valence-corrected chi connectivity index (χ0v) is 20.9. The molecule has 5 nitrogen and oxygen atoms in total. The van der Waals surface area contributed by atoms with Crippen LogP contribution in [0.5, 0.6) is 0 Å². The lowest BCUT2D eigenvalue weighted by atomic mass is 10.0. The van der Waals surface area contributed by atoms with Gasteiger partial charge in [-0.3, -0.25) is 4.79 Å². The molecule has 174 valence electrons. The van der Waals surface area contributed by atoms with Gasteiger partial charge in [-0.1, -0.05) is 81.4 Å². The van der Waals surface area contributed by atoms with Gasteiger partial charge < -0.3 is 18.6 Å². The number of hydrogen-bond donors (Lipinski definition) is 0. The lowest BCUT2D eigenvalue weighted by Crippen LogP contribution is -2.66. The van der Waals surface area contributed by atoms with E-state index in [9.17, 15) is 4.79 Å². The van der Waals surface area contributed by atoms with E-state index in [0.717, 1.165) is 0 Å². The molecule has 0 saturated carbocycles. The maximum Gasteiger partial charge on any atom is 0.302 e. The van der Waals surface area contributed by atoms with E-state index < -0.39 is 8.32 Å². The van der Waals surface area contributed by atoms with Gasteiger partial charge in [0, 0.05) is 33.5 Å². The first-order valence-corrected chi connectivity index (χ1v) is 13.3. The summed E-state index contributed by atoms with van der Waals surface area (Å²) in [5, 5.41) is 2.45. The van der Waals surface area contributed by atoms with Crippen LogP contribution in [0.25, 0.3) is 0 Å². The van der Waals surface area contributed by atoms with Crippen molar-refractivity contribution in [3.63, 3.8) is 0 Å². The summed E-state index contributed by atoms with van der Waals surface area (Å²) in [5.74, 6) is -0.269. The fraction of sp³-hybridized carbons (Fsp3) is 0.500. The average Bonchev–Trinajstić information content (AvgIpc) is 2.76. The Hall–Kier alpha value is -1.99. The molecule has 6 heteroatoms. The van der Waals surface area contributed by atoms with Crippen molar-refractivity contribution in [2.24, 2.45) is 0 Å². The Bertz CT molecular complexity index is 810. The van der Waals surface area contributed by atoms with Crippen LogP contribution < -0.4 is 10.4 Å². The Kier molecular flexibility index (Phi) is 8.28. The van der Waals surface area contributed by atoms with Gasteiger partial charge in [0.15, 0.2) is 6.29 Å². The van der Waals surface area contributed by atoms with Crippen molar-refractivity contribution >= 4 is 24.7 Å². The molecule has 0 bridgehead atoms. The molecule has 3 rings (SSSR count). The SMILES string of the molecule is CO[C@H]1C[C@@H](OC(C)=O)C[C@@H](CCO[Si](c2ccccc2)(c2ccccc2)C(C)(C)C)O1. The highest BCUT2D eigenvalue weighted by Gasteiger charge is 2.50. The molecule has 2 aromatic carbocycles. The first-order valence-electron chi connectivity index (χ1n) is 11.4. The van der Waals surface area contributed by atoms with Crippen LogP contribution in [-0.4, -0.2) is 46.5 Å². The van der Waals surface area contributed by atoms with Crippen molar-refractivity contribution < 1.29 is 23.4 Å². The average molecular weight is 457 g/mol. The molecule has 1 saturated heterocycles. The summed E-state index contributed by atoms with van der Waals surface area (Å²) in [6.07, 6.45) is 1.28. The minimum absolute atomic E-state index is 0.0710. The molecular weight excluding hydrogens is 420 g/mol. The molecule has 0 amide bonds. The molecule has 2 aromatic rings. The second-order valence-electron chi connectivity index (χ2n) is 9.43. The first kappa shape index (κ1) is 24.6. The zero-order valence-electron chi connectivity index (χ0n) is 19.9. The molecule has 0 spiro atoms. The minimum Gasteiger partial charge on any atom is -0.462 e. The predicted molar refractivity (Wildman–Crippen MR) is 129 cm³/mol. The molecule has 3 atom stereocenters. The lowest BCUT2D eigenvalue weighted by Gasteiger charge is -2.43. The number of benzene rings is 2. The molecule has 1 aliphatic rings. The van der Waals surface area contributed by atoms with E-state index in [-0.39, 0.29) is 29.5 Å². The zero-order chi connectivity index (χ0) is 23.2. The summed E-state index contributed by atoms with van der Waals surface area (Å²) in [6, 6.07) is 21.2. The van der Waals surface area contributed by atoms with E-state index in [1.165, 1.54) is 17.3 Å². The number of methoxy groups -OCH3 is 1. The quantitative estimate of drug-likeness (QED) is 0.443. The predicted octanol–water partition coefficient (Wildman–Crippen LogP) is 4.04. The monoisotopic (exact) mass is 456 g/mol. The van der Waals surface area contributed by atoms with Crippen LogP contribution in [0.4, 0.5) is 0 Å². The number of esters is 1. The van der Waals surface area contributed by atoms with E-state index in [2.05, 4.69) is 69.3 Å².